The second-order valence-electron chi connectivity index (χ2n) is 2.37. The molecule has 0 fully saturated rings. The van der Waals surface area contributed by atoms with Gasteiger partial charge in [0.2, 0.25) is 0 Å². The van der Waals surface area contributed by atoms with Crippen LogP contribution in [0.25, 0.3) is 0 Å². The van der Waals surface area contributed by atoms with E-state index in [2.05, 4.69) is 4.74 Å². The molecule has 0 saturated carbocycles. The lowest BCUT2D eigenvalue weighted by atomic mass is 10.1. The van der Waals surface area contributed by atoms with Gasteiger partial charge in [-0.1, -0.05) is 0 Å². The number of carbonyl (C=O) groups is 1. The Balaban J connectivity index is 2.95. The number of aliphatic hydroxyl groups excluding tert-OH is 1. The minimum absolute atomic E-state index is 0.0702. The van der Waals surface area contributed by atoms with E-state index in [4.69, 9.17) is 11.6 Å². The SMILES string of the molecule is COC(=O)c1sccc1C(O)CCl. The Hall–Kier alpha value is -0.580. The van der Waals surface area contributed by atoms with Crippen molar-refractivity contribution in [1.82, 2.24) is 0 Å². The third kappa shape index (κ3) is 2.21. The molecule has 0 spiro atoms. The number of esters is 1. The van der Waals surface area contributed by atoms with E-state index in [1.165, 1.54) is 18.4 Å². The fourth-order valence-electron chi connectivity index (χ4n) is 0.923. The Kier molecular flexibility index (Phi) is 3.71. The Morgan fingerprint density at radius 1 is 1.85 bits per heavy atom. The molecule has 0 bridgehead atoms. The van der Waals surface area contributed by atoms with Crippen LogP contribution in [0.4, 0.5) is 0 Å². The van der Waals surface area contributed by atoms with Gasteiger partial charge in [-0.2, -0.15) is 0 Å². The van der Waals surface area contributed by atoms with Crippen molar-refractivity contribution in [3.63, 3.8) is 0 Å². The van der Waals surface area contributed by atoms with Crippen molar-refractivity contribution in [3.8, 4) is 0 Å². The second kappa shape index (κ2) is 4.60. The maximum atomic E-state index is 11.1. The lowest BCUT2D eigenvalue weighted by Gasteiger charge is -2.06. The van der Waals surface area contributed by atoms with Crippen LogP contribution in [0.2, 0.25) is 0 Å². The lowest BCUT2D eigenvalue weighted by Crippen LogP contribution is -2.06. The van der Waals surface area contributed by atoms with Crippen molar-refractivity contribution in [2.45, 2.75) is 6.10 Å². The van der Waals surface area contributed by atoms with E-state index in [1.54, 1.807) is 11.4 Å². The summed E-state index contributed by atoms with van der Waals surface area (Å²) >= 11 is 6.70. The third-order valence-electron chi connectivity index (χ3n) is 1.57. The number of aliphatic hydroxyl groups is 1. The van der Waals surface area contributed by atoms with Gasteiger partial charge in [-0.25, -0.2) is 4.79 Å². The van der Waals surface area contributed by atoms with E-state index in [-0.39, 0.29) is 5.88 Å². The number of alkyl halides is 1. The molecule has 5 heteroatoms. The van der Waals surface area contributed by atoms with E-state index in [1.807, 2.05) is 0 Å². The zero-order chi connectivity index (χ0) is 9.84. The molecule has 0 aliphatic heterocycles. The highest BCUT2D eigenvalue weighted by Crippen LogP contribution is 2.24. The predicted octanol–water partition coefficient (Wildman–Crippen LogP) is 1.81. The first-order valence-corrected chi connectivity index (χ1v) is 5.01. The van der Waals surface area contributed by atoms with Crippen molar-refractivity contribution in [2.24, 2.45) is 0 Å². The highest BCUT2D eigenvalue weighted by molar-refractivity contribution is 7.12. The largest absolute Gasteiger partial charge is 0.465 e. The number of rotatable bonds is 3. The maximum Gasteiger partial charge on any atom is 0.348 e. The first kappa shape index (κ1) is 10.5. The fourth-order valence-corrected chi connectivity index (χ4v) is 1.96. The molecule has 0 saturated heterocycles. The molecule has 3 nitrogen and oxygen atoms in total. The van der Waals surface area contributed by atoms with Crippen LogP contribution in [-0.2, 0) is 4.74 Å². The number of methoxy groups -OCH3 is 1. The Labute approximate surface area is 84.9 Å². The summed E-state index contributed by atoms with van der Waals surface area (Å²) in [5, 5.41) is 11.1. The third-order valence-corrected chi connectivity index (χ3v) is 2.77. The average Bonchev–Trinajstić information content (AvgIpc) is 2.63. The number of halogens is 1. The van der Waals surface area contributed by atoms with E-state index < -0.39 is 12.1 Å². The summed E-state index contributed by atoms with van der Waals surface area (Å²) in [6.07, 6.45) is -0.804. The Morgan fingerprint density at radius 3 is 3.08 bits per heavy atom. The number of hydrogen-bond acceptors (Lipinski definition) is 4. The molecule has 72 valence electrons. The molecule has 13 heavy (non-hydrogen) atoms. The van der Waals surface area contributed by atoms with Gasteiger partial charge in [0.1, 0.15) is 4.88 Å². The van der Waals surface area contributed by atoms with E-state index in [9.17, 15) is 9.90 Å². The van der Waals surface area contributed by atoms with Crippen molar-refractivity contribution < 1.29 is 14.6 Å². The summed E-state index contributed by atoms with van der Waals surface area (Å²) in [5.41, 5.74) is 0.534. The first-order chi connectivity index (χ1) is 6.20. The molecule has 1 aromatic heterocycles. The summed E-state index contributed by atoms with van der Waals surface area (Å²) in [5.74, 6) is -0.366. The maximum absolute atomic E-state index is 11.1. The molecule has 1 unspecified atom stereocenters. The van der Waals surface area contributed by atoms with Crippen LogP contribution in [-0.4, -0.2) is 24.1 Å². The zero-order valence-electron chi connectivity index (χ0n) is 6.99. The summed E-state index contributed by atoms with van der Waals surface area (Å²) in [6, 6.07) is 1.67. The van der Waals surface area contributed by atoms with Crippen LogP contribution in [0.3, 0.4) is 0 Å². The van der Waals surface area contributed by atoms with Gasteiger partial charge in [0.15, 0.2) is 0 Å². The molecule has 1 atom stereocenters. The predicted molar refractivity (Wildman–Crippen MR) is 51.3 cm³/mol. The van der Waals surface area contributed by atoms with E-state index in [0.717, 1.165) is 0 Å². The normalized spacial score (nSPS) is 12.5. The lowest BCUT2D eigenvalue weighted by molar-refractivity contribution is 0.0600. The van der Waals surface area contributed by atoms with Crippen molar-refractivity contribution in [3.05, 3.63) is 21.9 Å². The highest BCUT2D eigenvalue weighted by Gasteiger charge is 2.18. The van der Waals surface area contributed by atoms with Crippen molar-refractivity contribution in [2.75, 3.05) is 13.0 Å². The minimum atomic E-state index is -0.804. The second-order valence-corrected chi connectivity index (χ2v) is 3.59. The van der Waals surface area contributed by atoms with Gasteiger partial charge in [-0.15, -0.1) is 22.9 Å². The molecule has 0 aliphatic rings. The molecular weight excluding hydrogens is 212 g/mol. The topological polar surface area (TPSA) is 46.5 Å². The van der Waals surface area contributed by atoms with Gasteiger partial charge in [-0.05, 0) is 11.4 Å². The Bertz CT molecular complexity index is 297. The summed E-state index contributed by atoms with van der Waals surface area (Å²) in [7, 11) is 1.30. The summed E-state index contributed by atoms with van der Waals surface area (Å²) < 4.78 is 4.55. The standard InChI is InChI=1S/C8H9ClO3S/c1-12-8(11)7-5(2-3-13-7)6(10)4-9/h2-3,6,10H,4H2,1H3. The average molecular weight is 221 g/mol. The minimum Gasteiger partial charge on any atom is -0.465 e. The van der Waals surface area contributed by atoms with Crippen LogP contribution in [0, 0.1) is 0 Å². The zero-order valence-corrected chi connectivity index (χ0v) is 8.56. The van der Waals surface area contributed by atoms with Gasteiger partial charge >= 0.3 is 5.97 Å². The Morgan fingerprint density at radius 2 is 2.54 bits per heavy atom. The number of carbonyl (C=O) groups excluding carboxylic acids is 1. The first-order valence-electron chi connectivity index (χ1n) is 3.60. The van der Waals surface area contributed by atoms with Gasteiger partial charge in [-0.3, -0.25) is 0 Å². The van der Waals surface area contributed by atoms with Crippen LogP contribution < -0.4 is 0 Å². The van der Waals surface area contributed by atoms with Gasteiger partial charge in [0.25, 0.3) is 0 Å². The molecule has 1 rings (SSSR count). The fraction of sp³-hybridized carbons (Fsp3) is 0.375. The monoisotopic (exact) mass is 220 g/mol. The van der Waals surface area contributed by atoms with Gasteiger partial charge in [0.05, 0.1) is 19.1 Å². The number of thiophene rings is 1. The number of ether oxygens (including phenoxy) is 1. The highest BCUT2D eigenvalue weighted by atomic mass is 35.5. The molecule has 1 aromatic rings. The van der Waals surface area contributed by atoms with E-state index in [0.29, 0.717) is 10.4 Å². The smallest absolute Gasteiger partial charge is 0.348 e. The van der Waals surface area contributed by atoms with Gasteiger partial charge in [0, 0.05) is 5.56 Å². The van der Waals surface area contributed by atoms with Crippen LogP contribution in [0.5, 0.6) is 0 Å². The summed E-state index contributed by atoms with van der Waals surface area (Å²) in [4.78, 5) is 11.6. The summed E-state index contributed by atoms with van der Waals surface area (Å²) in [6.45, 7) is 0. The molecule has 0 aromatic carbocycles. The molecule has 0 amide bonds. The van der Waals surface area contributed by atoms with Crippen LogP contribution in [0.15, 0.2) is 11.4 Å². The molecular formula is C8H9ClO3S. The molecule has 0 radical (unpaired) electrons. The van der Waals surface area contributed by atoms with Crippen molar-refractivity contribution >= 4 is 28.9 Å². The molecule has 1 N–H and O–H groups in total. The van der Waals surface area contributed by atoms with Crippen molar-refractivity contribution in [1.29, 1.82) is 0 Å². The molecule has 0 aliphatic carbocycles. The van der Waals surface area contributed by atoms with Crippen LogP contribution in [0.1, 0.15) is 21.3 Å². The number of hydrogen-bond donors (Lipinski definition) is 1. The van der Waals surface area contributed by atoms with E-state index >= 15 is 0 Å². The quantitative estimate of drug-likeness (QED) is 0.624. The van der Waals surface area contributed by atoms with Crippen LogP contribution >= 0.6 is 22.9 Å². The van der Waals surface area contributed by atoms with Gasteiger partial charge < -0.3 is 9.84 Å². The molecule has 1 heterocycles.